The van der Waals surface area contributed by atoms with Crippen LogP contribution in [-0.4, -0.2) is 31.6 Å². The fourth-order valence-corrected chi connectivity index (χ4v) is 2.04. The van der Waals surface area contributed by atoms with Gasteiger partial charge in [0, 0.05) is 24.4 Å². The van der Waals surface area contributed by atoms with E-state index >= 15 is 0 Å². The third-order valence-electron chi connectivity index (χ3n) is 3.17. The van der Waals surface area contributed by atoms with E-state index in [1.165, 1.54) is 0 Å². The summed E-state index contributed by atoms with van der Waals surface area (Å²) in [5.41, 5.74) is 2.23. The second kappa shape index (κ2) is 7.05. The Labute approximate surface area is 118 Å². The van der Waals surface area contributed by atoms with E-state index in [-0.39, 0.29) is 11.8 Å². The van der Waals surface area contributed by atoms with Gasteiger partial charge in [-0.05, 0) is 24.1 Å². The molecule has 0 unspecified atom stereocenters. The Hall–Kier alpha value is -1.88. The molecule has 0 saturated carbocycles. The van der Waals surface area contributed by atoms with Gasteiger partial charge in [-0.25, -0.2) is 0 Å². The lowest BCUT2D eigenvalue weighted by Crippen LogP contribution is -2.27. The van der Waals surface area contributed by atoms with Gasteiger partial charge >= 0.3 is 0 Å². The monoisotopic (exact) mass is 276 g/mol. The molecule has 1 aromatic rings. The van der Waals surface area contributed by atoms with Crippen molar-refractivity contribution in [3.05, 3.63) is 29.3 Å². The fourth-order valence-electron chi connectivity index (χ4n) is 2.04. The topological polar surface area (TPSA) is 67.4 Å². The molecule has 0 bridgehead atoms. The lowest BCUT2D eigenvalue weighted by atomic mass is 10.1. The number of carbonyl (C=O) groups excluding carboxylic acids is 2. The molecule has 0 aromatic heterocycles. The van der Waals surface area contributed by atoms with Gasteiger partial charge in [0.25, 0.3) is 5.91 Å². The first-order chi connectivity index (χ1) is 9.70. The quantitative estimate of drug-likeness (QED) is 0.745. The van der Waals surface area contributed by atoms with Gasteiger partial charge in [0.1, 0.15) is 0 Å². The Balaban J connectivity index is 1.79. The summed E-state index contributed by atoms with van der Waals surface area (Å²) < 4.78 is 5.38. The van der Waals surface area contributed by atoms with E-state index < -0.39 is 0 Å². The molecular formula is C15H20N2O3. The van der Waals surface area contributed by atoms with Gasteiger partial charge in [0.15, 0.2) is 0 Å². The van der Waals surface area contributed by atoms with Crippen LogP contribution in [0.2, 0.25) is 0 Å². The molecule has 2 N–H and O–H groups in total. The number of hydrogen-bond donors (Lipinski definition) is 2. The molecule has 0 spiro atoms. The van der Waals surface area contributed by atoms with Crippen molar-refractivity contribution in [2.24, 2.45) is 0 Å². The average molecular weight is 276 g/mol. The number of fused-ring (bicyclic) bond motifs is 1. The summed E-state index contributed by atoms with van der Waals surface area (Å²) in [7, 11) is 0. The highest BCUT2D eigenvalue weighted by atomic mass is 16.5. The first-order valence-electron chi connectivity index (χ1n) is 6.99. The maximum Gasteiger partial charge on any atom is 0.251 e. The fraction of sp³-hybridized carbons (Fsp3) is 0.467. The van der Waals surface area contributed by atoms with Gasteiger partial charge in [-0.15, -0.1) is 0 Å². The second-order valence-corrected chi connectivity index (χ2v) is 4.82. The molecule has 0 saturated heterocycles. The lowest BCUT2D eigenvalue weighted by Gasteiger charge is -2.07. The molecule has 2 rings (SSSR count). The minimum Gasteiger partial charge on any atom is -0.380 e. The molecule has 5 nitrogen and oxygen atoms in total. The van der Waals surface area contributed by atoms with Crippen molar-refractivity contribution >= 4 is 17.5 Å². The number of anilines is 1. The van der Waals surface area contributed by atoms with E-state index in [1.54, 1.807) is 12.1 Å². The summed E-state index contributed by atoms with van der Waals surface area (Å²) in [4.78, 5) is 23.2. The van der Waals surface area contributed by atoms with Crippen molar-refractivity contribution in [1.29, 1.82) is 0 Å². The van der Waals surface area contributed by atoms with Crippen LogP contribution in [0.5, 0.6) is 0 Å². The largest absolute Gasteiger partial charge is 0.380 e. The number of carbonyl (C=O) groups is 2. The van der Waals surface area contributed by atoms with E-state index in [4.69, 9.17) is 4.74 Å². The minimum atomic E-state index is -0.145. The van der Waals surface area contributed by atoms with Gasteiger partial charge in [-0.1, -0.05) is 19.4 Å². The summed E-state index contributed by atoms with van der Waals surface area (Å²) >= 11 is 0. The van der Waals surface area contributed by atoms with Crippen LogP contribution in [0, 0.1) is 0 Å². The van der Waals surface area contributed by atoms with Gasteiger partial charge in [-0.2, -0.15) is 0 Å². The zero-order valence-electron chi connectivity index (χ0n) is 11.7. The van der Waals surface area contributed by atoms with Crippen LogP contribution < -0.4 is 10.6 Å². The standard InChI is InChI=1S/C15H20N2O3/c1-2-3-7-20-8-6-16-15(19)12-5-4-11-10-14(18)17-13(11)9-12/h4-5,9H,2-3,6-8,10H2,1H3,(H,16,19)(H,17,18). The summed E-state index contributed by atoms with van der Waals surface area (Å²) in [6, 6.07) is 5.28. The molecule has 0 aliphatic carbocycles. The summed E-state index contributed by atoms with van der Waals surface area (Å²) in [6.07, 6.45) is 2.54. The first kappa shape index (κ1) is 14.5. The Morgan fingerprint density at radius 3 is 3.05 bits per heavy atom. The van der Waals surface area contributed by atoms with Crippen LogP contribution in [0.4, 0.5) is 5.69 Å². The highest BCUT2D eigenvalue weighted by Gasteiger charge is 2.18. The molecule has 2 amide bonds. The maximum absolute atomic E-state index is 11.9. The van der Waals surface area contributed by atoms with Gasteiger partial charge < -0.3 is 15.4 Å². The van der Waals surface area contributed by atoms with E-state index in [0.29, 0.717) is 25.1 Å². The predicted molar refractivity (Wildman–Crippen MR) is 76.8 cm³/mol. The molecule has 20 heavy (non-hydrogen) atoms. The van der Waals surface area contributed by atoms with Gasteiger partial charge in [0.2, 0.25) is 5.91 Å². The molecule has 0 fully saturated rings. The molecule has 1 aliphatic heterocycles. The lowest BCUT2D eigenvalue weighted by molar-refractivity contribution is -0.115. The highest BCUT2D eigenvalue weighted by Crippen LogP contribution is 2.23. The summed E-state index contributed by atoms with van der Waals surface area (Å²) in [5, 5.41) is 5.54. The molecule has 1 heterocycles. The number of hydrogen-bond acceptors (Lipinski definition) is 3. The predicted octanol–water partition coefficient (Wildman–Crippen LogP) is 1.73. The van der Waals surface area contributed by atoms with Crippen LogP contribution in [0.1, 0.15) is 35.7 Å². The van der Waals surface area contributed by atoms with Crippen molar-refractivity contribution in [3.8, 4) is 0 Å². The first-order valence-corrected chi connectivity index (χ1v) is 6.99. The Kier molecular flexibility index (Phi) is 5.12. The average Bonchev–Trinajstić information content (AvgIpc) is 2.81. The SMILES string of the molecule is CCCCOCCNC(=O)c1ccc2c(c1)NC(=O)C2. The number of rotatable bonds is 7. The molecular weight excluding hydrogens is 256 g/mol. The second-order valence-electron chi connectivity index (χ2n) is 4.82. The highest BCUT2D eigenvalue weighted by molar-refractivity contribution is 6.02. The zero-order chi connectivity index (χ0) is 14.4. The van der Waals surface area contributed by atoms with Crippen LogP contribution in [0.15, 0.2) is 18.2 Å². The summed E-state index contributed by atoms with van der Waals surface area (Å²) in [6.45, 7) is 3.86. The number of benzene rings is 1. The smallest absolute Gasteiger partial charge is 0.251 e. The van der Waals surface area contributed by atoms with Gasteiger partial charge in [0.05, 0.1) is 13.0 Å². The molecule has 5 heteroatoms. The number of nitrogens with one attached hydrogen (secondary N) is 2. The van der Waals surface area contributed by atoms with Crippen molar-refractivity contribution in [2.75, 3.05) is 25.1 Å². The van der Waals surface area contributed by atoms with Crippen molar-refractivity contribution in [1.82, 2.24) is 5.32 Å². The van der Waals surface area contributed by atoms with E-state index in [2.05, 4.69) is 17.6 Å². The van der Waals surface area contributed by atoms with Crippen LogP contribution in [0.25, 0.3) is 0 Å². The van der Waals surface area contributed by atoms with Crippen molar-refractivity contribution in [3.63, 3.8) is 0 Å². The molecule has 0 radical (unpaired) electrons. The third kappa shape index (κ3) is 3.81. The normalized spacial score (nSPS) is 12.9. The van der Waals surface area contributed by atoms with E-state index in [0.717, 1.165) is 30.7 Å². The molecule has 108 valence electrons. The minimum absolute atomic E-state index is 0.0260. The summed E-state index contributed by atoms with van der Waals surface area (Å²) in [5.74, 6) is -0.171. The van der Waals surface area contributed by atoms with E-state index in [1.807, 2.05) is 6.07 Å². The van der Waals surface area contributed by atoms with Crippen LogP contribution in [0.3, 0.4) is 0 Å². The number of unbranched alkanes of at least 4 members (excludes halogenated alkanes) is 1. The van der Waals surface area contributed by atoms with Crippen LogP contribution >= 0.6 is 0 Å². The number of amides is 2. The molecule has 0 atom stereocenters. The van der Waals surface area contributed by atoms with Gasteiger partial charge in [-0.3, -0.25) is 9.59 Å². The van der Waals surface area contributed by atoms with Crippen molar-refractivity contribution in [2.45, 2.75) is 26.2 Å². The zero-order valence-corrected chi connectivity index (χ0v) is 11.7. The Bertz CT molecular complexity index is 500. The Morgan fingerprint density at radius 1 is 1.40 bits per heavy atom. The van der Waals surface area contributed by atoms with Crippen LogP contribution in [-0.2, 0) is 16.0 Å². The van der Waals surface area contributed by atoms with E-state index in [9.17, 15) is 9.59 Å². The molecule has 1 aliphatic rings. The maximum atomic E-state index is 11.9. The Morgan fingerprint density at radius 2 is 2.25 bits per heavy atom. The number of ether oxygens (including phenoxy) is 1. The van der Waals surface area contributed by atoms with Crippen molar-refractivity contribution < 1.29 is 14.3 Å². The third-order valence-corrected chi connectivity index (χ3v) is 3.17. The molecule has 1 aromatic carbocycles.